The molecule has 2 N–H and O–H groups in total. The molecular weight excluding hydrogens is 388 g/mol. The van der Waals surface area contributed by atoms with E-state index in [-0.39, 0.29) is 11.8 Å². The van der Waals surface area contributed by atoms with Gasteiger partial charge in [0.2, 0.25) is 6.17 Å². The second-order valence-electron chi connectivity index (χ2n) is 7.44. The van der Waals surface area contributed by atoms with Gasteiger partial charge in [-0.3, -0.25) is 9.59 Å². The number of benzene rings is 3. The Kier molecular flexibility index (Phi) is 4.59. The first-order valence-electron chi connectivity index (χ1n) is 10.0. The molecule has 2 heterocycles. The number of aliphatic imine (C=N–C) groups is 1. The molecule has 0 saturated heterocycles. The Labute approximate surface area is 179 Å². The van der Waals surface area contributed by atoms with Crippen molar-refractivity contribution >= 4 is 34.1 Å². The Morgan fingerprint density at radius 2 is 1.65 bits per heavy atom. The van der Waals surface area contributed by atoms with Gasteiger partial charge >= 0.3 is 0 Å². The van der Waals surface area contributed by atoms with Gasteiger partial charge in [0, 0.05) is 29.1 Å². The second-order valence-corrected chi connectivity index (χ2v) is 7.44. The molecule has 152 valence electrons. The van der Waals surface area contributed by atoms with Crippen LogP contribution in [0.3, 0.4) is 0 Å². The van der Waals surface area contributed by atoms with Crippen molar-refractivity contribution in [2.24, 2.45) is 4.99 Å². The summed E-state index contributed by atoms with van der Waals surface area (Å²) in [6.45, 7) is 0. The van der Waals surface area contributed by atoms with Crippen molar-refractivity contribution in [3.63, 3.8) is 0 Å². The van der Waals surface area contributed by atoms with Crippen LogP contribution in [0.25, 0.3) is 10.9 Å². The molecule has 1 atom stereocenters. The average Bonchev–Trinajstić information content (AvgIpc) is 3.18. The number of H-pyrrole nitrogens is 1. The van der Waals surface area contributed by atoms with E-state index in [2.05, 4.69) is 10.3 Å². The fourth-order valence-corrected chi connectivity index (χ4v) is 3.82. The van der Waals surface area contributed by atoms with E-state index >= 15 is 0 Å². The van der Waals surface area contributed by atoms with Crippen LogP contribution in [-0.4, -0.2) is 40.6 Å². The fourth-order valence-electron chi connectivity index (χ4n) is 3.82. The summed E-state index contributed by atoms with van der Waals surface area (Å²) in [6.07, 6.45) is -1.01. The van der Waals surface area contributed by atoms with Gasteiger partial charge in [0.1, 0.15) is 5.69 Å². The summed E-state index contributed by atoms with van der Waals surface area (Å²) in [7, 11) is 1.60. The molecule has 2 amide bonds. The van der Waals surface area contributed by atoms with Crippen molar-refractivity contribution in [1.29, 1.82) is 0 Å². The summed E-state index contributed by atoms with van der Waals surface area (Å²) in [5, 5.41) is 3.86. The Balaban J connectivity index is 1.57. The maximum Gasteiger partial charge on any atom is 0.272 e. The maximum absolute atomic E-state index is 13.2. The highest BCUT2D eigenvalue weighted by Gasteiger charge is 2.32. The molecular formula is C25H20N4O2. The molecule has 0 radical (unpaired) electrons. The minimum Gasteiger partial charge on any atom is -0.351 e. The van der Waals surface area contributed by atoms with Gasteiger partial charge in [-0.1, -0.05) is 66.7 Å². The van der Waals surface area contributed by atoms with Crippen LogP contribution in [0, 0.1) is 0 Å². The summed E-state index contributed by atoms with van der Waals surface area (Å²) in [4.78, 5) is 35.6. The summed E-state index contributed by atoms with van der Waals surface area (Å²) >= 11 is 0. The van der Waals surface area contributed by atoms with Crippen molar-refractivity contribution in [3.8, 4) is 0 Å². The molecule has 1 aliphatic rings. The van der Waals surface area contributed by atoms with Gasteiger partial charge in [0.05, 0.1) is 11.4 Å². The molecule has 3 aromatic carbocycles. The number of aromatic nitrogens is 1. The van der Waals surface area contributed by atoms with Gasteiger partial charge in [0.25, 0.3) is 11.8 Å². The number of hydrogen-bond acceptors (Lipinski definition) is 3. The third-order valence-corrected chi connectivity index (χ3v) is 5.42. The predicted octanol–water partition coefficient (Wildman–Crippen LogP) is 4.06. The standard InChI is InChI=1S/C25H20N4O2/c1-29(25(31)21-15-17-11-5-7-13-19(17)26-21)23-24(30)27-20-14-8-6-12-18(20)22(28-23)16-9-3-2-4-10-16/h2-15,23,26H,1H3,(H,27,30). The number of anilines is 1. The lowest BCUT2D eigenvalue weighted by atomic mass is 10.0. The van der Waals surface area contributed by atoms with E-state index in [4.69, 9.17) is 4.99 Å². The van der Waals surface area contributed by atoms with E-state index in [0.29, 0.717) is 17.1 Å². The topological polar surface area (TPSA) is 77.6 Å². The van der Waals surface area contributed by atoms with E-state index in [1.807, 2.05) is 78.9 Å². The summed E-state index contributed by atoms with van der Waals surface area (Å²) in [5.74, 6) is -0.663. The number of fused-ring (bicyclic) bond motifs is 2. The van der Waals surface area contributed by atoms with Gasteiger partial charge in [-0.25, -0.2) is 4.99 Å². The van der Waals surface area contributed by atoms with Crippen LogP contribution in [0.5, 0.6) is 0 Å². The molecule has 0 bridgehead atoms. The number of likely N-dealkylation sites (N-methyl/N-ethyl adjacent to an activating group) is 1. The van der Waals surface area contributed by atoms with Crippen LogP contribution >= 0.6 is 0 Å². The summed E-state index contributed by atoms with van der Waals surface area (Å²) < 4.78 is 0. The van der Waals surface area contributed by atoms with Crippen molar-refractivity contribution in [2.45, 2.75) is 6.17 Å². The SMILES string of the molecule is CN(C(=O)c1cc2ccccc2[nH]1)C1N=C(c2ccccc2)c2ccccc2NC1=O. The lowest BCUT2D eigenvalue weighted by Gasteiger charge is -2.23. The molecule has 31 heavy (non-hydrogen) atoms. The lowest BCUT2D eigenvalue weighted by Crippen LogP contribution is -2.43. The van der Waals surface area contributed by atoms with E-state index in [1.165, 1.54) is 4.90 Å². The quantitative estimate of drug-likeness (QED) is 0.536. The van der Waals surface area contributed by atoms with Crippen molar-refractivity contribution < 1.29 is 9.59 Å². The monoisotopic (exact) mass is 408 g/mol. The molecule has 4 aromatic rings. The lowest BCUT2D eigenvalue weighted by molar-refractivity contribution is -0.119. The Morgan fingerprint density at radius 3 is 2.45 bits per heavy atom. The van der Waals surface area contributed by atoms with Gasteiger partial charge in [-0.2, -0.15) is 0 Å². The summed E-state index contributed by atoms with van der Waals surface area (Å²) in [5.41, 5.74) is 4.30. The Morgan fingerprint density at radius 1 is 0.935 bits per heavy atom. The third kappa shape index (κ3) is 3.38. The number of aromatic amines is 1. The first-order valence-corrected chi connectivity index (χ1v) is 10.0. The number of hydrogen-bond donors (Lipinski definition) is 2. The number of nitrogens with one attached hydrogen (secondary N) is 2. The maximum atomic E-state index is 13.2. The van der Waals surface area contributed by atoms with Gasteiger partial charge in [0.15, 0.2) is 0 Å². The molecule has 5 rings (SSSR count). The molecule has 1 aliphatic heterocycles. The second kappa shape index (κ2) is 7.57. The van der Waals surface area contributed by atoms with Gasteiger partial charge in [-0.15, -0.1) is 0 Å². The molecule has 0 spiro atoms. The molecule has 0 fully saturated rings. The van der Waals surface area contributed by atoms with Crippen LogP contribution in [0.4, 0.5) is 5.69 Å². The molecule has 0 aliphatic carbocycles. The van der Waals surface area contributed by atoms with Gasteiger partial charge in [-0.05, 0) is 18.2 Å². The van der Waals surface area contributed by atoms with Crippen LogP contribution in [0.2, 0.25) is 0 Å². The van der Waals surface area contributed by atoms with E-state index < -0.39 is 6.17 Å². The zero-order valence-electron chi connectivity index (χ0n) is 16.9. The number of carbonyl (C=O) groups is 2. The van der Waals surface area contributed by atoms with Crippen molar-refractivity contribution in [3.05, 3.63) is 102 Å². The molecule has 1 aromatic heterocycles. The van der Waals surface area contributed by atoms with Crippen molar-refractivity contribution in [1.82, 2.24) is 9.88 Å². The highest BCUT2D eigenvalue weighted by Crippen LogP contribution is 2.25. The predicted molar refractivity (Wildman–Crippen MR) is 121 cm³/mol. The largest absolute Gasteiger partial charge is 0.351 e. The van der Waals surface area contributed by atoms with E-state index in [1.54, 1.807) is 13.1 Å². The normalized spacial score (nSPS) is 15.6. The number of benzodiazepines with no additional fused rings is 1. The minimum absolute atomic E-state index is 0.307. The van der Waals surface area contributed by atoms with Crippen LogP contribution < -0.4 is 5.32 Å². The molecule has 6 heteroatoms. The fraction of sp³-hybridized carbons (Fsp3) is 0.0800. The zero-order valence-corrected chi connectivity index (χ0v) is 16.9. The number of amides is 2. The molecule has 6 nitrogen and oxygen atoms in total. The smallest absolute Gasteiger partial charge is 0.272 e. The minimum atomic E-state index is -1.01. The highest BCUT2D eigenvalue weighted by atomic mass is 16.2. The summed E-state index contributed by atoms with van der Waals surface area (Å²) in [6, 6.07) is 26.7. The molecule has 0 saturated carbocycles. The van der Waals surface area contributed by atoms with Crippen LogP contribution in [-0.2, 0) is 4.79 Å². The number of para-hydroxylation sites is 2. The van der Waals surface area contributed by atoms with E-state index in [0.717, 1.165) is 22.0 Å². The first-order chi connectivity index (χ1) is 15.1. The zero-order chi connectivity index (χ0) is 21.4. The number of rotatable bonds is 3. The number of carbonyl (C=O) groups excluding carboxylic acids is 2. The van der Waals surface area contributed by atoms with Crippen LogP contribution in [0.15, 0.2) is 89.9 Å². The first kappa shape index (κ1) is 18.8. The van der Waals surface area contributed by atoms with Gasteiger partial charge < -0.3 is 15.2 Å². The van der Waals surface area contributed by atoms with Crippen molar-refractivity contribution in [2.75, 3.05) is 12.4 Å². The van der Waals surface area contributed by atoms with Crippen LogP contribution in [0.1, 0.15) is 21.6 Å². The third-order valence-electron chi connectivity index (χ3n) is 5.42. The highest BCUT2D eigenvalue weighted by molar-refractivity contribution is 6.20. The molecule has 1 unspecified atom stereocenters. The average molecular weight is 408 g/mol. The number of nitrogens with zero attached hydrogens (tertiary/aromatic N) is 2. The Bertz CT molecular complexity index is 1290. The van der Waals surface area contributed by atoms with E-state index in [9.17, 15) is 9.59 Å². The Hall–Kier alpha value is -4.19.